The smallest absolute Gasteiger partial charge is 0.168 e. The molecule has 1 aromatic carbocycles. The zero-order valence-corrected chi connectivity index (χ0v) is 11.7. The normalized spacial score (nSPS) is 19.4. The van der Waals surface area contributed by atoms with Crippen molar-refractivity contribution in [1.82, 2.24) is 4.90 Å². The molecule has 0 bridgehead atoms. The van der Waals surface area contributed by atoms with Crippen molar-refractivity contribution in [3.63, 3.8) is 0 Å². The maximum Gasteiger partial charge on any atom is 0.168 e. The van der Waals surface area contributed by atoms with Crippen molar-refractivity contribution in [2.75, 3.05) is 26.7 Å². The molecule has 1 N–H and O–H groups in total. The first-order chi connectivity index (χ1) is 9.08. The summed E-state index contributed by atoms with van der Waals surface area (Å²) in [6, 6.07) is 5.09. The fraction of sp³-hybridized carbons (Fsp3) is 0.600. The number of benzene rings is 1. The van der Waals surface area contributed by atoms with E-state index in [1.54, 1.807) is 18.2 Å². The maximum absolute atomic E-state index is 14.1. The van der Waals surface area contributed by atoms with E-state index in [-0.39, 0.29) is 11.6 Å². The Morgan fingerprint density at radius 2 is 2.05 bits per heavy atom. The summed E-state index contributed by atoms with van der Waals surface area (Å²) in [7, 11) is 1.46. The Morgan fingerprint density at radius 3 is 2.63 bits per heavy atom. The Balaban J connectivity index is 2.09. The number of piperidine rings is 1. The predicted molar refractivity (Wildman–Crippen MR) is 73.0 cm³/mol. The van der Waals surface area contributed by atoms with Gasteiger partial charge >= 0.3 is 0 Å². The van der Waals surface area contributed by atoms with Crippen LogP contribution in [0, 0.1) is 5.82 Å². The van der Waals surface area contributed by atoms with Crippen LogP contribution in [0.1, 0.15) is 25.3 Å². The molecular weight excluding hydrogens is 245 g/mol. The molecule has 2 rings (SSSR count). The number of hydrogen-bond donors (Lipinski definition) is 1. The number of rotatable bonds is 4. The van der Waals surface area contributed by atoms with Gasteiger partial charge in [0.05, 0.1) is 12.7 Å². The van der Waals surface area contributed by atoms with Crippen LogP contribution < -0.4 is 4.74 Å². The van der Waals surface area contributed by atoms with Gasteiger partial charge in [0.15, 0.2) is 11.6 Å². The summed E-state index contributed by atoms with van der Waals surface area (Å²) in [5.74, 6) is -0.108. The van der Waals surface area contributed by atoms with Crippen molar-refractivity contribution < 1.29 is 14.2 Å². The van der Waals surface area contributed by atoms with Gasteiger partial charge < -0.3 is 14.7 Å². The SMILES string of the molecule is CCN1CCC(O)(Cc2cccc(OC)c2F)CC1. The van der Waals surface area contributed by atoms with Crippen LogP contribution >= 0.6 is 0 Å². The van der Waals surface area contributed by atoms with Crippen LogP contribution in [0.2, 0.25) is 0 Å². The summed E-state index contributed by atoms with van der Waals surface area (Å²) in [5, 5.41) is 10.6. The quantitative estimate of drug-likeness (QED) is 0.908. The number of hydrogen-bond acceptors (Lipinski definition) is 3. The van der Waals surface area contributed by atoms with Crippen LogP contribution in [0.4, 0.5) is 4.39 Å². The second kappa shape index (κ2) is 5.88. The number of methoxy groups -OCH3 is 1. The van der Waals surface area contributed by atoms with Crippen molar-refractivity contribution in [2.45, 2.75) is 31.8 Å². The molecule has 0 atom stereocenters. The first-order valence-corrected chi connectivity index (χ1v) is 6.84. The Kier molecular flexibility index (Phi) is 4.42. The highest BCUT2D eigenvalue weighted by molar-refractivity contribution is 5.32. The number of nitrogens with zero attached hydrogens (tertiary/aromatic N) is 1. The average molecular weight is 267 g/mol. The topological polar surface area (TPSA) is 32.7 Å². The predicted octanol–water partition coefficient (Wildman–Crippen LogP) is 2.22. The lowest BCUT2D eigenvalue weighted by Gasteiger charge is -2.38. The lowest BCUT2D eigenvalue weighted by molar-refractivity contribution is -0.0200. The molecule has 0 unspecified atom stereocenters. The van der Waals surface area contributed by atoms with Gasteiger partial charge in [-0.05, 0) is 31.0 Å². The van der Waals surface area contributed by atoms with E-state index in [9.17, 15) is 9.50 Å². The van der Waals surface area contributed by atoms with Crippen molar-refractivity contribution in [3.8, 4) is 5.75 Å². The van der Waals surface area contributed by atoms with Gasteiger partial charge in [-0.2, -0.15) is 0 Å². The third-order valence-electron chi connectivity index (χ3n) is 4.02. The van der Waals surface area contributed by atoms with E-state index in [4.69, 9.17) is 4.74 Å². The molecule has 0 spiro atoms. The van der Waals surface area contributed by atoms with Crippen molar-refractivity contribution in [2.24, 2.45) is 0 Å². The molecule has 106 valence electrons. The molecular formula is C15H22FNO2. The molecule has 0 saturated carbocycles. The molecule has 0 radical (unpaired) electrons. The molecule has 19 heavy (non-hydrogen) atoms. The molecule has 0 aliphatic carbocycles. The largest absolute Gasteiger partial charge is 0.494 e. The van der Waals surface area contributed by atoms with Gasteiger partial charge in [0.25, 0.3) is 0 Å². The highest BCUT2D eigenvalue weighted by Gasteiger charge is 2.33. The molecule has 0 amide bonds. The fourth-order valence-corrected chi connectivity index (χ4v) is 2.67. The Labute approximate surface area is 114 Å². The summed E-state index contributed by atoms with van der Waals surface area (Å²) in [5.41, 5.74) is -0.259. The second-order valence-electron chi connectivity index (χ2n) is 5.27. The van der Waals surface area contributed by atoms with Gasteiger partial charge in [-0.25, -0.2) is 4.39 Å². The Bertz CT molecular complexity index is 428. The average Bonchev–Trinajstić information content (AvgIpc) is 2.42. The molecule has 1 aromatic rings. The third-order valence-corrected chi connectivity index (χ3v) is 4.02. The maximum atomic E-state index is 14.1. The van der Waals surface area contributed by atoms with Gasteiger partial charge in [-0.1, -0.05) is 19.1 Å². The fourth-order valence-electron chi connectivity index (χ4n) is 2.67. The molecule has 1 aliphatic rings. The molecule has 4 heteroatoms. The minimum absolute atomic E-state index is 0.243. The number of aliphatic hydroxyl groups is 1. The van der Waals surface area contributed by atoms with Crippen LogP contribution in [-0.4, -0.2) is 42.4 Å². The highest BCUT2D eigenvalue weighted by atomic mass is 19.1. The summed E-state index contributed by atoms with van der Waals surface area (Å²) >= 11 is 0. The first kappa shape index (κ1) is 14.3. The van der Waals surface area contributed by atoms with Crippen molar-refractivity contribution in [1.29, 1.82) is 0 Å². The zero-order valence-electron chi connectivity index (χ0n) is 11.7. The molecule has 1 heterocycles. The lowest BCUT2D eigenvalue weighted by atomic mass is 9.85. The standard InChI is InChI=1S/C15H22FNO2/c1-3-17-9-7-15(18,8-10-17)11-12-5-4-6-13(19-2)14(12)16/h4-6,18H,3,7-11H2,1-2H3. The van der Waals surface area contributed by atoms with E-state index in [1.807, 2.05) is 0 Å². The monoisotopic (exact) mass is 267 g/mol. The van der Waals surface area contributed by atoms with Crippen LogP contribution in [0.15, 0.2) is 18.2 Å². The van der Waals surface area contributed by atoms with Gasteiger partial charge in [0.1, 0.15) is 0 Å². The first-order valence-electron chi connectivity index (χ1n) is 6.84. The van der Waals surface area contributed by atoms with Crippen molar-refractivity contribution in [3.05, 3.63) is 29.6 Å². The summed E-state index contributed by atoms with van der Waals surface area (Å²) in [6.07, 6.45) is 1.74. The second-order valence-corrected chi connectivity index (χ2v) is 5.27. The lowest BCUT2D eigenvalue weighted by Crippen LogP contribution is -2.45. The van der Waals surface area contributed by atoms with E-state index >= 15 is 0 Å². The summed E-state index contributed by atoms with van der Waals surface area (Å²) in [4.78, 5) is 2.30. The molecule has 1 saturated heterocycles. The van der Waals surface area contributed by atoms with E-state index < -0.39 is 5.60 Å². The van der Waals surface area contributed by atoms with E-state index in [0.717, 1.165) is 19.6 Å². The van der Waals surface area contributed by atoms with Crippen LogP contribution in [-0.2, 0) is 6.42 Å². The number of halogens is 1. The zero-order chi connectivity index (χ0) is 13.9. The number of likely N-dealkylation sites (tertiary alicyclic amines) is 1. The van der Waals surface area contributed by atoms with Crippen LogP contribution in [0.25, 0.3) is 0 Å². The van der Waals surface area contributed by atoms with Gasteiger partial charge in [0.2, 0.25) is 0 Å². The Hall–Kier alpha value is -1.13. The molecule has 1 aliphatic heterocycles. The molecule has 1 fully saturated rings. The van der Waals surface area contributed by atoms with E-state index in [2.05, 4.69) is 11.8 Å². The third kappa shape index (κ3) is 3.25. The number of ether oxygens (including phenoxy) is 1. The van der Waals surface area contributed by atoms with E-state index in [1.165, 1.54) is 7.11 Å². The summed E-state index contributed by atoms with van der Waals surface area (Å²) in [6.45, 7) is 4.87. The van der Waals surface area contributed by atoms with Crippen LogP contribution in [0.5, 0.6) is 5.75 Å². The van der Waals surface area contributed by atoms with E-state index in [0.29, 0.717) is 24.8 Å². The molecule has 3 nitrogen and oxygen atoms in total. The Morgan fingerprint density at radius 1 is 1.37 bits per heavy atom. The van der Waals surface area contributed by atoms with Crippen LogP contribution in [0.3, 0.4) is 0 Å². The summed E-state index contributed by atoms with van der Waals surface area (Å²) < 4.78 is 19.1. The molecule has 0 aromatic heterocycles. The highest BCUT2D eigenvalue weighted by Crippen LogP contribution is 2.29. The minimum Gasteiger partial charge on any atom is -0.494 e. The van der Waals surface area contributed by atoms with Gasteiger partial charge in [0, 0.05) is 19.5 Å². The minimum atomic E-state index is -0.793. The van der Waals surface area contributed by atoms with Gasteiger partial charge in [-0.3, -0.25) is 0 Å². The van der Waals surface area contributed by atoms with Crippen molar-refractivity contribution >= 4 is 0 Å². The van der Waals surface area contributed by atoms with Gasteiger partial charge in [-0.15, -0.1) is 0 Å².